The van der Waals surface area contributed by atoms with E-state index in [-0.39, 0.29) is 0 Å². The maximum Gasteiger partial charge on any atom is 0.231 e. The van der Waals surface area contributed by atoms with Crippen molar-refractivity contribution in [1.82, 2.24) is 24.3 Å². The first-order valence-corrected chi connectivity index (χ1v) is 7.60. The monoisotopic (exact) mass is 307 g/mol. The van der Waals surface area contributed by atoms with Crippen LogP contribution in [0.5, 0.6) is 0 Å². The van der Waals surface area contributed by atoms with Crippen LogP contribution in [0.3, 0.4) is 0 Å². The lowest BCUT2D eigenvalue weighted by atomic mass is 10.2. The fourth-order valence-corrected chi connectivity index (χ4v) is 2.52. The van der Waals surface area contributed by atoms with Crippen molar-refractivity contribution < 1.29 is 0 Å². The molecular formula is C16H17N7. The lowest BCUT2D eigenvalue weighted by molar-refractivity contribution is 0.987. The van der Waals surface area contributed by atoms with Gasteiger partial charge in [-0.05, 0) is 36.6 Å². The molecule has 0 amide bonds. The highest BCUT2D eigenvalue weighted by Crippen LogP contribution is 2.39. The Labute approximate surface area is 133 Å². The van der Waals surface area contributed by atoms with E-state index in [9.17, 15) is 0 Å². The van der Waals surface area contributed by atoms with E-state index in [4.69, 9.17) is 0 Å². The number of hydrogen-bond acceptors (Lipinski definition) is 6. The molecule has 23 heavy (non-hydrogen) atoms. The van der Waals surface area contributed by atoms with Crippen LogP contribution in [0.2, 0.25) is 0 Å². The third-order valence-electron chi connectivity index (χ3n) is 3.80. The quantitative estimate of drug-likeness (QED) is 0.728. The van der Waals surface area contributed by atoms with Crippen LogP contribution in [0.25, 0.3) is 5.65 Å². The van der Waals surface area contributed by atoms with E-state index in [1.165, 1.54) is 30.9 Å². The highest BCUT2D eigenvalue weighted by atomic mass is 15.2. The number of hydrogen-bond donors (Lipinski definition) is 2. The van der Waals surface area contributed by atoms with E-state index in [0.29, 0.717) is 18.4 Å². The van der Waals surface area contributed by atoms with Gasteiger partial charge in [0.1, 0.15) is 12.0 Å². The molecule has 3 aromatic rings. The highest BCUT2D eigenvalue weighted by molar-refractivity contribution is 5.43. The largest absolute Gasteiger partial charge is 0.348 e. The molecule has 0 atom stereocenters. The topological polar surface area (TPSA) is 80.0 Å². The summed E-state index contributed by atoms with van der Waals surface area (Å²) in [5.74, 6) is 1.70. The van der Waals surface area contributed by atoms with Gasteiger partial charge in [-0.1, -0.05) is 12.6 Å². The lowest BCUT2D eigenvalue weighted by Crippen LogP contribution is -2.06. The Morgan fingerprint density at radius 2 is 2.04 bits per heavy atom. The van der Waals surface area contributed by atoms with Gasteiger partial charge in [0.05, 0.1) is 12.2 Å². The summed E-state index contributed by atoms with van der Waals surface area (Å²) < 4.78 is 2.09. The third-order valence-corrected chi connectivity index (χ3v) is 3.80. The molecule has 7 heteroatoms. The van der Waals surface area contributed by atoms with Gasteiger partial charge in [-0.15, -0.1) is 0 Å². The van der Waals surface area contributed by atoms with Crippen molar-refractivity contribution in [2.24, 2.45) is 0 Å². The Balaban J connectivity index is 1.49. The Bertz CT molecular complexity index is 851. The van der Waals surface area contributed by atoms with Gasteiger partial charge in [0, 0.05) is 12.4 Å². The van der Waals surface area contributed by atoms with Crippen LogP contribution in [0, 0.1) is 0 Å². The lowest BCUT2D eigenvalue weighted by Gasteiger charge is -2.03. The van der Waals surface area contributed by atoms with Crippen LogP contribution in [0.1, 0.15) is 30.0 Å². The molecule has 0 bridgehead atoms. The number of nitrogens with one attached hydrogen (secondary N) is 2. The van der Waals surface area contributed by atoms with Crippen molar-refractivity contribution in [3.8, 4) is 0 Å². The number of pyridine rings is 1. The van der Waals surface area contributed by atoms with E-state index < -0.39 is 0 Å². The zero-order chi connectivity index (χ0) is 15.6. The van der Waals surface area contributed by atoms with Gasteiger partial charge in [-0.2, -0.15) is 4.98 Å². The second kappa shape index (κ2) is 5.68. The van der Waals surface area contributed by atoms with Gasteiger partial charge >= 0.3 is 0 Å². The third kappa shape index (κ3) is 2.98. The van der Waals surface area contributed by atoms with Gasteiger partial charge in [0.15, 0.2) is 0 Å². The molecule has 2 N–H and O–H groups in total. The molecule has 1 saturated carbocycles. The van der Waals surface area contributed by atoms with Gasteiger partial charge in [-0.25, -0.2) is 15.0 Å². The predicted octanol–water partition coefficient (Wildman–Crippen LogP) is 2.56. The summed E-state index contributed by atoms with van der Waals surface area (Å²) in [4.78, 5) is 16.9. The van der Waals surface area contributed by atoms with Gasteiger partial charge in [0.2, 0.25) is 11.9 Å². The molecule has 3 aromatic heterocycles. The molecule has 4 rings (SSSR count). The molecule has 0 unspecified atom stereocenters. The summed E-state index contributed by atoms with van der Waals surface area (Å²) in [6.45, 7) is 4.14. The summed E-state index contributed by atoms with van der Waals surface area (Å²) in [6.07, 6.45) is 9.80. The molecule has 1 aliphatic rings. The number of imidazole rings is 1. The highest BCUT2D eigenvalue weighted by Gasteiger charge is 2.23. The minimum atomic E-state index is 0.460. The molecule has 116 valence electrons. The smallest absolute Gasteiger partial charge is 0.231 e. The minimum absolute atomic E-state index is 0.460. The molecule has 7 nitrogen and oxygen atoms in total. The normalized spacial score (nSPS) is 13.9. The summed E-state index contributed by atoms with van der Waals surface area (Å²) in [5.41, 5.74) is 3.29. The maximum atomic E-state index is 4.60. The summed E-state index contributed by atoms with van der Waals surface area (Å²) >= 11 is 0. The van der Waals surface area contributed by atoms with E-state index in [1.54, 1.807) is 0 Å². The van der Waals surface area contributed by atoms with Crippen molar-refractivity contribution in [3.05, 3.63) is 54.9 Å². The van der Waals surface area contributed by atoms with Gasteiger partial charge < -0.3 is 15.0 Å². The molecule has 0 aliphatic heterocycles. The van der Waals surface area contributed by atoms with Gasteiger partial charge in [0.25, 0.3) is 0 Å². The average molecular weight is 307 g/mol. The summed E-state index contributed by atoms with van der Waals surface area (Å²) in [6, 6.07) is 4.25. The fraction of sp³-hybridized carbons (Fsp3) is 0.250. The van der Waals surface area contributed by atoms with Crippen molar-refractivity contribution in [1.29, 1.82) is 0 Å². The van der Waals surface area contributed by atoms with Crippen LogP contribution in [0.15, 0.2) is 43.6 Å². The van der Waals surface area contributed by atoms with Crippen LogP contribution >= 0.6 is 0 Å². The molecule has 1 aliphatic carbocycles. The first-order valence-electron chi connectivity index (χ1n) is 7.60. The molecular weight excluding hydrogens is 290 g/mol. The van der Waals surface area contributed by atoms with E-state index in [1.807, 2.05) is 6.20 Å². The molecule has 0 spiro atoms. The first-order chi connectivity index (χ1) is 11.3. The Morgan fingerprint density at radius 1 is 1.17 bits per heavy atom. The zero-order valence-corrected chi connectivity index (χ0v) is 12.6. The molecule has 0 aromatic carbocycles. The number of aromatic nitrogens is 5. The molecule has 0 saturated heterocycles. The average Bonchev–Trinajstić information content (AvgIpc) is 3.33. The fourth-order valence-electron chi connectivity index (χ4n) is 2.52. The zero-order valence-electron chi connectivity index (χ0n) is 12.6. The van der Waals surface area contributed by atoms with E-state index >= 15 is 0 Å². The molecule has 1 fully saturated rings. The Hall–Kier alpha value is -2.96. The Kier molecular flexibility index (Phi) is 3.38. The van der Waals surface area contributed by atoms with Crippen molar-refractivity contribution in [3.63, 3.8) is 0 Å². The van der Waals surface area contributed by atoms with Gasteiger partial charge in [-0.3, -0.25) is 0 Å². The summed E-state index contributed by atoms with van der Waals surface area (Å²) in [5, 5.41) is 5.99. The van der Waals surface area contributed by atoms with E-state index in [0.717, 1.165) is 17.3 Å². The van der Waals surface area contributed by atoms with Crippen molar-refractivity contribution >= 4 is 17.5 Å². The van der Waals surface area contributed by atoms with Crippen molar-refractivity contribution in [2.45, 2.75) is 25.3 Å². The predicted molar refractivity (Wildman–Crippen MR) is 88.1 cm³/mol. The standard InChI is InChI=1S/C16H17N7/c1-2-17-15-19-10-20-16(22-15)18-7-13-9-23-8-12(11-3-4-11)5-6-14(23)21-13/h2,5-6,8-11H,1,3-4,7H2,(H2,17,18,19,20,22). The molecule has 3 heterocycles. The summed E-state index contributed by atoms with van der Waals surface area (Å²) in [7, 11) is 0. The Morgan fingerprint density at radius 3 is 2.87 bits per heavy atom. The van der Waals surface area contributed by atoms with Crippen LogP contribution < -0.4 is 10.6 Å². The second-order valence-electron chi connectivity index (χ2n) is 5.57. The second-order valence-corrected chi connectivity index (χ2v) is 5.57. The number of fused-ring (bicyclic) bond motifs is 1. The first kappa shape index (κ1) is 13.7. The molecule has 0 radical (unpaired) electrons. The van der Waals surface area contributed by atoms with Crippen LogP contribution in [0.4, 0.5) is 11.9 Å². The maximum absolute atomic E-state index is 4.60. The number of anilines is 2. The van der Waals surface area contributed by atoms with E-state index in [2.05, 4.69) is 59.9 Å². The SMILES string of the molecule is C=CNc1ncnc(NCc2cn3cc(C4CC4)ccc3n2)n1. The number of nitrogens with zero attached hydrogens (tertiary/aromatic N) is 5. The van der Waals surface area contributed by atoms with Crippen molar-refractivity contribution in [2.75, 3.05) is 10.6 Å². The number of rotatable bonds is 6. The minimum Gasteiger partial charge on any atom is -0.348 e. The van der Waals surface area contributed by atoms with Crippen LogP contribution in [-0.2, 0) is 6.54 Å². The van der Waals surface area contributed by atoms with Crippen LogP contribution in [-0.4, -0.2) is 24.3 Å².